The van der Waals surface area contributed by atoms with E-state index in [1.54, 1.807) is 19.0 Å². The smallest absolute Gasteiger partial charge is 0.265 e. The Bertz CT molecular complexity index is 2220. The number of halogens is 1. The first-order chi connectivity index (χ1) is 26.1. The van der Waals surface area contributed by atoms with Crippen LogP contribution in [0.3, 0.4) is 0 Å². The summed E-state index contributed by atoms with van der Waals surface area (Å²) in [6.45, 7) is 5.60. The number of likely N-dealkylation sites (tertiary alicyclic amines) is 1. The minimum Gasteiger partial charge on any atom is -0.508 e. The number of fused-ring (bicyclic) bond motifs is 7. The van der Waals surface area contributed by atoms with Crippen LogP contribution in [0.15, 0.2) is 89.2 Å². The van der Waals surface area contributed by atoms with Crippen LogP contribution in [0.1, 0.15) is 79.2 Å². The van der Waals surface area contributed by atoms with Gasteiger partial charge in [0.25, 0.3) is 5.88 Å². The third-order valence-electron chi connectivity index (χ3n) is 12.3. The highest BCUT2D eigenvalue weighted by molar-refractivity contribution is 6.16. The average molecular weight is 732 g/mol. The lowest BCUT2D eigenvalue weighted by Crippen LogP contribution is -2.59. The Morgan fingerprint density at radius 3 is 2.37 bits per heavy atom. The molecule has 0 saturated carbocycles. The van der Waals surface area contributed by atoms with Gasteiger partial charge in [0, 0.05) is 40.8 Å². The first-order valence-corrected chi connectivity index (χ1v) is 18.6. The van der Waals surface area contributed by atoms with Crippen molar-refractivity contribution in [1.82, 2.24) is 15.0 Å². The second-order valence-corrected chi connectivity index (χ2v) is 15.5. The molecule has 9 rings (SSSR count). The molecule has 0 bridgehead atoms. The Labute approximate surface area is 312 Å². The maximum atomic E-state index is 17.3. The van der Waals surface area contributed by atoms with Crippen molar-refractivity contribution in [3.8, 4) is 11.6 Å². The number of carbonyl (C=O) groups excluding carboxylic acids is 2. The van der Waals surface area contributed by atoms with Crippen molar-refractivity contribution in [2.24, 2.45) is 17.8 Å². The fraction of sp³-hybridized carbons (Fsp3) is 0.372. The first kappa shape index (κ1) is 34.7. The molecule has 4 aromatic rings. The van der Waals surface area contributed by atoms with Crippen LogP contribution < -0.4 is 9.47 Å². The van der Waals surface area contributed by atoms with Crippen LogP contribution in [-0.2, 0) is 26.1 Å². The highest BCUT2D eigenvalue weighted by Gasteiger charge is 2.64. The van der Waals surface area contributed by atoms with Crippen molar-refractivity contribution in [1.29, 1.82) is 0 Å². The first-order valence-electron chi connectivity index (χ1n) is 18.6. The molecule has 1 saturated heterocycles. The molecule has 0 spiro atoms. The molecular weight excluding hydrogens is 689 g/mol. The molecule has 11 heteroatoms. The van der Waals surface area contributed by atoms with Gasteiger partial charge in [0.1, 0.15) is 36.1 Å². The third-order valence-corrected chi connectivity index (χ3v) is 12.3. The molecule has 2 N–H and O–H groups in total. The van der Waals surface area contributed by atoms with Crippen LogP contribution in [0.5, 0.6) is 11.6 Å². The maximum Gasteiger partial charge on any atom is 0.265 e. The van der Waals surface area contributed by atoms with E-state index in [9.17, 15) is 19.8 Å². The third kappa shape index (κ3) is 5.05. The summed E-state index contributed by atoms with van der Waals surface area (Å²) in [7, 11) is 3.56. The molecule has 5 aliphatic rings. The van der Waals surface area contributed by atoms with Gasteiger partial charge < -0.3 is 24.2 Å². The van der Waals surface area contributed by atoms with Crippen LogP contribution in [0, 0.1) is 23.6 Å². The summed E-state index contributed by atoms with van der Waals surface area (Å²) >= 11 is 0. The van der Waals surface area contributed by atoms with Gasteiger partial charge in [-0.15, -0.1) is 6.58 Å². The molecule has 2 heterocycles. The number of hydrogen-bond donors (Lipinski definition) is 2. The summed E-state index contributed by atoms with van der Waals surface area (Å²) < 4.78 is 35.6. The molecule has 1 aliphatic heterocycles. The standard InChI is InChI=1S/C43H42FN3O7/c1-4-16-47-17-15-25-18-28-31(35(25)47)34(44)27-19-26-20-29-36(46(2)3)39-33(42(45-54-39)53-22-24-13-9-6-10-14-24)41(50)43(29,51)40(49)30(26)37(48)32(27)38(28)52-21-23-11-7-5-8-12-23/h4-14,25-26,29,35-36,49,51H,1,15-22H2,2-3H3/t25?,26-,29-,35?,36-,43-/m0/s1. The van der Waals surface area contributed by atoms with Gasteiger partial charge in [0.05, 0.1) is 11.6 Å². The molecule has 1 aromatic heterocycles. The zero-order chi connectivity index (χ0) is 37.5. The van der Waals surface area contributed by atoms with Gasteiger partial charge >= 0.3 is 0 Å². The van der Waals surface area contributed by atoms with Crippen LogP contribution in [0.2, 0.25) is 0 Å². The number of carbonyl (C=O) groups is 2. The Morgan fingerprint density at radius 1 is 1.02 bits per heavy atom. The van der Waals surface area contributed by atoms with Gasteiger partial charge in [0.15, 0.2) is 17.1 Å². The monoisotopic (exact) mass is 731 g/mol. The van der Waals surface area contributed by atoms with Gasteiger partial charge in [0.2, 0.25) is 5.78 Å². The molecule has 2 unspecified atom stereocenters. The summed E-state index contributed by atoms with van der Waals surface area (Å²) in [5.74, 6) is -3.70. The number of rotatable bonds is 9. The SMILES string of the molecule is C=CCN1CCC2Cc3c(OCc4ccccc4)c4c(c(F)c3C21)C[C@H]1C[C@H]2[C@H](N(C)C)c3onc(OCc5ccccc5)c3C(=O)[C@@]2(O)C(O)=C1C4=O. The Balaban J connectivity index is 1.16. The van der Waals surface area contributed by atoms with E-state index in [0.717, 1.165) is 24.1 Å². The molecular formula is C43H42FN3O7. The molecule has 54 heavy (non-hydrogen) atoms. The lowest BCUT2D eigenvalue weighted by atomic mass is 9.58. The van der Waals surface area contributed by atoms with E-state index in [1.807, 2.05) is 66.7 Å². The Morgan fingerprint density at radius 2 is 1.70 bits per heavy atom. The normalized spacial score (nSPS) is 26.9. The average Bonchev–Trinajstić information content (AvgIpc) is 3.88. The topological polar surface area (TPSA) is 126 Å². The number of ether oxygens (including phenoxy) is 2. The predicted molar refractivity (Wildman–Crippen MR) is 196 cm³/mol. The fourth-order valence-corrected chi connectivity index (χ4v) is 9.99. The van der Waals surface area contributed by atoms with E-state index in [1.165, 1.54) is 0 Å². The number of ketones is 2. The molecule has 3 aromatic carbocycles. The lowest BCUT2D eigenvalue weighted by Gasteiger charge is -2.49. The van der Waals surface area contributed by atoms with E-state index in [0.29, 0.717) is 29.8 Å². The predicted octanol–water partition coefficient (Wildman–Crippen LogP) is 6.49. The van der Waals surface area contributed by atoms with Crippen molar-refractivity contribution in [2.75, 3.05) is 27.2 Å². The van der Waals surface area contributed by atoms with E-state index in [2.05, 4.69) is 16.6 Å². The molecule has 0 amide bonds. The lowest BCUT2D eigenvalue weighted by molar-refractivity contribution is -0.0560. The number of Topliss-reactive ketones (excluding diaryl/α,β-unsaturated/α-hetero) is 2. The minimum atomic E-state index is -2.50. The van der Waals surface area contributed by atoms with Crippen LogP contribution in [0.4, 0.5) is 4.39 Å². The summed E-state index contributed by atoms with van der Waals surface area (Å²) in [5.41, 5.74) is 0.593. The highest BCUT2D eigenvalue weighted by atomic mass is 19.1. The second kappa shape index (κ2) is 13.0. The van der Waals surface area contributed by atoms with Gasteiger partial charge in [-0.2, -0.15) is 0 Å². The van der Waals surface area contributed by atoms with E-state index in [-0.39, 0.29) is 71.9 Å². The van der Waals surface area contributed by atoms with Gasteiger partial charge in [-0.1, -0.05) is 66.7 Å². The van der Waals surface area contributed by atoms with Gasteiger partial charge in [-0.3, -0.25) is 19.4 Å². The Kier molecular flexibility index (Phi) is 8.37. The van der Waals surface area contributed by atoms with Crippen molar-refractivity contribution < 1.29 is 38.2 Å². The number of aromatic nitrogens is 1. The molecule has 6 atom stereocenters. The molecule has 10 nitrogen and oxygen atoms in total. The zero-order valence-electron chi connectivity index (χ0n) is 30.3. The number of aliphatic hydroxyl groups is 2. The Hall–Kier alpha value is -5.10. The van der Waals surface area contributed by atoms with Crippen molar-refractivity contribution >= 4 is 11.6 Å². The molecule has 1 fully saturated rings. The number of benzene rings is 3. The summed E-state index contributed by atoms with van der Waals surface area (Å²) in [6, 6.07) is 18.0. The van der Waals surface area contributed by atoms with Crippen molar-refractivity contribution in [3.63, 3.8) is 0 Å². The molecule has 278 valence electrons. The second-order valence-electron chi connectivity index (χ2n) is 15.5. The largest absolute Gasteiger partial charge is 0.508 e. The van der Waals surface area contributed by atoms with Gasteiger partial charge in [-0.05, 0) is 74.4 Å². The molecule has 4 aliphatic carbocycles. The summed E-state index contributed by atoms with van der Waals surface area (Å²) in [5, 5.41) is 28.9. The molecule has 0 radical (unpaired) electrons. The minimum absolute atomic E-state index is 0.0576. The quantitative estimate of drug-likeness (QED) is 0.185. The number of nitrogens with zero attached hydrogens (tertiary/aromatic N) is 3. The van der Waals surface area contributed by atoms with Gasteiger partial charge in [-0.25, -0.2) is 4.39 Å². The van der Waals surface area contributed by atoms with Crippen molar-refractivity contribution in [2.45, 2.75) is 56.6 Å². The highest BCUT2D eigenvalue weighted by Crippen LogP contribution is 2.59. The number of hydrogen-bond acceptors (Lipinski definition) is 10. The summed E-state index contributed by atoms with van der Waals surface area (Å²) in [6.07, 6.45) is 3.43. The van der Waals surface area contributed by atoms with E-state index >= 15 is 4.39 Å². The van der Waals surface area contributed by atoms with E-state index < -0.39 is 46.6 Å². The number of allylic oxidation sites excluding steroid dienone is 1. The van der Waals surface area contributed by atoms with Crippen LogP contribution >= 0.6 is 0 Å². The maximum absolute atomic E-state index is 17.3. The summed E-state index contributed by atoms with van der Waals surface area (Å²) in [4.78, 5) is 33.5. The van der Waals surface area contributed by atoms with E-state index in [4.69, 9.17) is 14.0 Å². The zero-order valence-corrected chi connectivity index (χ0v) is 30.3. The fourth-order valence-electron chi connectivity index (χ4n) is 9.99. The van der Waals surface area contributed by atoms with Crippen molar-refractivity contribution in [3.05, 3.63) is 135 Å². The number of aliphatic hydroxyl groups excluding tert-OH is 1. The van der Waals surface area contributed by atoms with Crippen LogP contribution in [0.25, 0.3) is 0 Å². The van der Waals surface area contributed by atoms with Crippen LogP contribution in [-0.4, -0.2) is 69.5 Å².